The van der Waals surface area contributed by atoms with E-state index < -0.39 is 0 Å². The predicted molar refractivity (Wildman–Crippen MR) is 69.8 cm³/mol. The van der Waals surface area contributed by atoms with E-state index in [0.717, 1.165) is 22.9 Å². The molecule has 4 saturated carbocycles. The smallest absolute Gasteiger partial charge is 0.278 e. The highest BCUT2D eigenvalue weighted by atomic mass is 32.1. The molecular weight excluding hydrogens is 228 g/mol. The number of nitrogens with two attached hydrogens (primary N) is 1. The first-order valence-electron chi connectivity index (χ1n) is 7.00. The Labute approximate surface area is 107 Å². The van der Waals surface area contributed by atoms with Gasteiger partial charge in [-0.3, -0.25) is 5.73 Å². The van der Waals surface area contributed by atoms with Gasteiger partial charge in [0.25, 0.3) is 0 Å². The van der Waals surface area contributed by atoms with Crippen LogP contribution in [0.5, 0.6) is 0 Å². The van der Waals surface area contributed by atoms with Crippen LogP contribution in [0, 0.1) is 17.8 Å². The average Bonchev–Trinajstić information content (AvgIpc) is 2.62. The minimum Gasteiger partial charge on any atom is -0.278 e. The Morgan fingerprint density at radius 3 is 2.35 bits per heavy atom. The second-order valence-corrected chi connectivity index (χ2v) is 7.59. The SMILES string of the molecule is Nc1[nH+]c(C23CC4CCC(CC(C4)C2)C3)cs1. The molecule has 1 heterocycles. The minimum absolute atomic E-state index is 0.473. The zero-order valence-corrected chi connectivity index (χ0v) is 11.1. The predicted octanol–water partition coefficient (Wildman–Crippen LogP) is 3.00. The van der Waals surface area contributed by atoms with Gasteiger partial charge in [0.15, 0.2) is 0 Å². The average molecular weight is 249 g/mol. The lowest BCUT2D eigenvalue weighted by Gasteiger charge is -2.46. The largest absolute Gasteiger partial charge is 0.329 e. The van der Waals surface area contributed by atoms with Crippen LogP contribution in [0.2, 0.25) is 0 Å². The summed E-state index contributed by atoms with van der Waals surface area (Å²) in [6, 6.07) is 0. The number of rotatable bonds is 1. The molecule has 2 nitrogen and oxygen atoms in total. The Balaban J connectivity index is 1.77. The number of hydrogen-bond donors (Lipinski definition) is 1. The van der Waals surface area contributed by atoms with Gasteiger partial charge in [-0.15, -0.1) is 0 Å². The van der Waals surface area contributed by atoms with Gasteiger partial charge in [-0.05, 0) is 49.9 Å². The maximum atomic E-state index is 5.90. The molecule has 0 aliphatic heterocycles. The van der Waals surface area contributed by atoms with Crippen molar-refractivity contribution in [3.05, 3.63) is 11.1 Å². The molecule has 0 spiro atoms. The molecule has 92 valence electrons. The second-order valence-electron chi connectivity index (χ2n) is 6.68. The molecule has 0 radical (unpaired) electrons. The molecular formula is C14H21N2S+. The van der Waals surface area contributed by atoms with E-state index in [-0.39, 0.29) is 0 Å². The molecule has 3 N–H and O–H groups in total. The quantitative estimate of drug-likeness (QED) is 0.816. The first-order chi connectivity index (χ1) is 8.23. The zero-order chi connectivity index (χ0) is 11.5. The van der Waals surface area contributed by atoms with Crippen molar-refractivity contribution in [2.45, 2.75) is 50.4 Å². The summed E-state index contributed by atoms with van der Waals surface area (Å²) in [5.41, 5.74) is 7.83. The molecule has 1 aromatic heterocycles. The van der Waals surface area contributed by atoms with E-state index in [9.17, 15) is 0 Å². The fourth-order valence-electron chi connectivity index (χ4n) is 5.09. The lowest BCUT2D eigenvalue weighted by Crippen LogP contribution is -2.43. The Morgan fingerprint density at radius 1 is 1.12 bits per heavy atom. The van der Waals surface area contributed by atoms with Crippen LogP contribution in [-0.2, 0) is 5.41 Å². The number of thiazole rings is 1. The van der Waals surface area contributed by atoms with E-state index in [1.165, 1.54) is 50.6 Å². The number of fused-ring (bicyclic) bond motifs is 1. The maximum Gasteiger partial charge on any atom is 0.329 e. The minimum atomic E-state index is 0.473. The summed E-state index contributed by atoms with van der Waals surface area (Å²) in [6.45, 7) is 0. The lowest BCUT2D eigenvalue weighted by molar-refractivity contribution is -0.378. The standard InChI is InChI=1S/C14H20N2S/c15-13-16-12(8-17-13)14-5-9-1-2-10(6-14)4-11(3-9)7-14/h8-11H,1-7H2,(H2,15,16)/p+1. The van der Waals surface area contributed by atoms with E-state index in [2.05, 4.69) is 10.4 Å². The molecule has 0 aromatic carbocycles. The van der Waals surface area contributed by atoms with Crippen molar-refractivity contribution in [3.63, 3.8) is 0 Å². The summed E-state index contributed by atoms with van der Waals surface area (Å²) in [7, 11) is 0. The van der Waals surface area contributed by atoms with Gasteiger partial charge in [-0.1, -0.05) is 24.2 Å². The highest BCUT2D eigenvalue weighted by Gasteiger charge is 2.51. The van der Waals surface area contributed by atoms with Gasteiger partial charge in [0.2, 0.25) is 0 Å². The summed E-state index contributed by atoms with van der Waals surface area (Å²) in [5, 5.41) is 3.18. The van der Waals surface area contributed by atoms with Crippen molar-refractivity contribution in [1.82, 2.24) is 0 Å². The Morgan fingerprint density at radius 2 is 1.76 bits per heavy atom. The monoisotopic (exact) mass is 249 g/mol. The summed E-state index contributed by atoms with van der Waals surface area (Å²) < 4.78 is 0. The zero-order valence-electron chi connectivity index (χ0n) is 10.2. The third kappa shape index (κ3) is 1.55. The van der Waals surface area contributed by atoms with Crippen molar-refractivity contribution >= 4 is 16.5 Å². The third-order valence-corrected chi connectivity index (χ3v) is 6.20. The van der Waals surface area contributed by atoms with Crippen LogP contribution in [0.15, 0.2) is 5.38 Å². The lowest BCUT2D eigenvalue weighted by atomic mass is 9.57. The number of anilines is 1. The van der Waals surface area contributed by atoms with Gasteiger partial charge in [-0.2, -0.15) is 0 Å². The van der Waals surface area contributed by atoms with Crippen LogP contribution in [0.1, 0.15) is 50.6 Å². The second kappa shape index (κ2) is 3.47. The van der Waals surface area contributed by atoms with Crippen molar-refractivity contribution < 1.29 is 4.98 Å². The van der Waals surface area contributed by atoms with E-state index in [0.29, 0.717) is 5.41 Å². The molecule has 4 aliphatic carbocycles. The van der Waals surface area contributed by atoms with E-state index in [4.69, 9.17) is 5.73 Å². The van der Waals surface area contributed by atoms with Gasteiger partial charge in [0.05, 0.1) is 0 Å². The maximum absolute atomic E-state index is 5.90. The molecule has 3 heteroatoms. The van der Waals surface area contributed by atoms with Gasteiger partial charge < -0.3 is 0 Å². The van der Waals surface area contributed by atoms with Gasteiger partial charge >= 0.3 is 5.13 Å². The normalized spacial score (nSPS) is 43.9. The summed E-state index contributed by atoms with van der Waals surface area (Å²) in [6.07, 6.45) is 10.3. The van der Waals surface area contributed by atoms with Crippen LogP contribution in [0.25, 0.3) is 0 Å². The number of nitrogens with one attached hydrogen (secondary N) is 1. The highest BCUT2D eigenvalue weighted by Crippen LogP contribution is 2.58. The topological polar surface area (TPSA) is 40.2 Å². The molecule has 2 atom stereocenters. The number of H-pyrrole nitrogens is 1. The van der Waals surface area contributed by atoms with Crippen LogP contribution in [0.4, 0.5) is 5.13 Å². The van der Waals surface area contributed by atoms with E-state index >= 15 is 0 Å². The Bertz CT molecular complexity index is 423. The molecule has 4 fully saturated rings. The van der Waals surface area contributed by atoms with Crippen molar-refractivity contribution in [2.75, 3.05) is 5.73 Å². The van der Waals surface area contributed by atoms with Crippen LogP contribution >= 0.6 is 11.3 Å². The fraction of sp³-hybridized carbons (Fsp3) is 0.786. The number of aromatic nitrogens is 1. The Kier molecular flexibility index (Phi) is 2.11. The molecule has 2 unspecified atom stereocenters. The molecule has 0 amide bonds. The fourth-order valence-corrected chi connectivity index (χ4v) is 5.82. The van der Waals surface area contributed by atoms with E-state index in [1.54, 1.807) is 11.3 Å². The molecule has 5 rings (SSSR count). The van der Waals surface area contributed by atoms with Crippen molar-refractivity contribution in [1.29, 1.82) is 0 Å². The summed E-state index contributed by atoms with van der Waals surface area (Å²) in [5.74, 6) is 3.00. The van der Waals surface area contributed by atoms with Crippen molar-refractivity contribution in [2.24, 2.45) is 17.8 Å². The first kappa shape index (κ1) is 10.4. The molecule has 17 heavy (non-hydrogen) atoms. The molecule has 4 aliphatic rings. The van der Waals surface area contributed by atoms with Gasteiger partial charge in [0.1, 0.15) is 5.69 Å². The van der Waals surface area contributed by atoms with E-state index in [1.807, 2.05) is 0 Å². The molecule has 4 bridgehead atoms. The van der Waals surface area contributed by atoms with Crippen LogP contribution in [0.3, 0.4) is 0 Å². The van der Waals surface area contributed by atoms with Crippen LogP contribution < -0.4 is 10.7 Å². The van der Waals surface area contributed by atoms with Crippen molar-refractivity contribution in [3.8, 4) is 0 Å². The number of aromatic amines is 1. The van der Waals surface area contributed by atoms with Gasteiger partial charge in [-0.25, -0.2) is 4.98 Å². The number of nitrogen functional groups attached to an aromatic ring is 1. The highest BCUT2D eigenvalue weighted by molar-refractivity contribution is 7.13. The first-order valence-corrected chi connectivity index (χ1v) is 7.88. The third-order valence-electron chi connectivity index (χ3n) is 5.49. The molecule has 0 saturated heterocycles. The number of hydrogen-bond acceptors (Lipinski definition) is 2. The Hall–Kier alpha value is -0.570. The summed E-state index contributed by atoms with van der Waals surface area (Å²) in [4.78, 5) is 3.46. The summed E-state index contributed by atoms with van der Waals surface area (Å²) >= 11 is 1.68. The van der Waals surface area contributed by atoms with Gasteiger partial charge in [0, 0.05) is 10.8 Å². The van der Waals surface area contributed by atoms with Crippen LogP contribution in [-0.4, -0.2) is 0 Å². The molecule has 1 aromatic rings.